The molecule has 0 aliphatic carbocycles. The van der Waals surface area contributed by atoms with Gasteiger partial charge in [0.25, 0.3) is 0 Å². The maximum absolute atomic E-state index is 5.53. The number of hydrogen-bond acceptors (Lipinski definition) is 4. The quantitative estimate of drug-likeness (QED) is 0.564. The lowest BCUT2D eigenvalue weighted by Gasteiger charge is -2.14. The number of ether oxygens (including phenoxy) is 3. The van der Waals surface area contributed by atoms with Gasteiger partial charge in [-0.05, 0) is 13.8 Å². The molecule has 4 heteroatoms. The second kappa shape index (κ2) is 8.44. The van der Waals surface area contributed by atoms with Crippen molar-refractivity contribution >= 4 is 0 Å². The Morgan fingerprint density at radius 2 is 1.85 bits per heavy atom. The summed E-state index contributed by atoms with van der Waals surface area (Å²) in [6, 6.07) is 0.0847. The van der Waals surface area contributed by atoms with E-state index in [4.69, 9.17) is 19.9 Å². The van der Waals surface area contributed by atoms with Gasteiger partial charge in [0.2, 0.25) is 0 Å². The van der Waals surface area contributed by atoms with Gasteiger partial charge in [-0.3, -0.25) is 0 Å². The van der Waals surface area contributed by atoms with Crippen LogP contribution in [0.5, 0.6) is 0 Å². The SMILES string of the molecule is COCCOCC(C)OCC(C)N. The summed E-state index contributed by atoms with van der Waals surface area (Å²) in [6.07, 6.45) is 0.0999. The largest absolute Gasteiger partial charge is 0.382 e. The number of hydrogen-bond donors (Lipinski definition) is 1. The lowest BCUT2D eigenvalue weighted by atomic mass is 10.4. The van der Waals surface area contributed by atoms with E-state index in [9.17, 15) is 0 Å². The van der Waals surface area contributed by atoms with Crippen LogP contribution in [0.15, 0.2) is 0 Å². The first kappa shape index (κ1) is 12.8. The van der Waals surface area contributed by atoms with Crippen LogP contribution < -0.4 is 5.73 Å². The number of methoxy groups -OCH3 is 1. The maximum atomic E-state index is 5.53. The van der Waals surface area contributed by atoms with E-state index >= 15 is 0 Å². The second-order valence-corrected chi connectivity index (χ2v) is 3.19. The zero-order valence-electron chi connectivity index (χ0n) is 8.79. The first-order valence-corrected chi connectivity index (χ1v) is 4.60. The van der Waals surface area contributed by atoms with Crippen molar-refractivity contribution in [3.63, 3.8) is 0 Å². The van der Waals surface area contributed by atoms with Gasteiger partial charge in [-0.2, -0.15) is 0 Å². The van der Waals surface area contributed by atoms with Gasteiger partial charge in [-0.25, -0.2) is 0 Å². The minimum atomic E-state index is 0.0847. The van der Waals surface area contributed by atoms with Crippen LogP contribution in [-0.4, -0.2) is 45.7 Å². The van der Waals surface area contributed by atoms with Crippen molar-refractivity contribution in [1.29, 1.82) is 0 Å². The van der Waals surface area contributed by atoms with Gasteiger partial charge < -0.3 is 19.9 Å². The van der Waals surface area contributed by atoms with E-state index in [0.29, 0.717) is 26.4 Å². The second-order valence-electron chi connectivity index (χ2n) is 3.19. The summed E-state index contributed by atoms with van der Waals surface area (Å²) in [4.78, 5) is 0. The van der Waals surface area contributed by atoms with Crippen LogP contribution in [0.1, 0.15) is 13.8 Å². The predicted octanol–water partition coefficient (Wildman–Crippen LogP) is 0.402. The van der Waals surface area contributed by atoms with Crippen molar-refractivity contribution in [3.05, 3.63) is 0 Å². The monoisotopic (exact) mass is 191 g/mol. The summed E-state index contributed by atoms with van der Waals surface area (Å²) in [5, 5.41) is 0. The first-order chi connectivity index (χ1) is 6.16. The van der Waals surface area contributed by atoms with E-state index in [1.807, 2.05) is 13.8 Å². The molecule has 0 saturated heterocycles. The van der Waals surface area contributed by atoms with E-state index in [2.05, 4.69) is 0 Å². The molecule has 0 amide bonds. The highest BCUT2D eigenvalue weighted by Crippen LogP contribution is 1.93. The van der Waals surface area contributed by atoms with Gasteiger partial charge in [0.15, 0.2) is 0 Å². The normalized spacial score (nSPS) is 15.7. The molecule has 2 N–H and O–H groups in total. The molecule has 0 saturated carbocycles. The predicted molar refractivity (Wildman–Crippen MR) is 51.8 cm³/mol. The number of rotatable bonds is 8. The van der Waals surface area contributed by atoms with Gasteiger partial charge >= 0.3 is 0 Å². The Bertz CT molecular complexity index is 109. The molecular formula is C9H21NO3. The van der Waals surface area contributed by atoms with Crippen molar-refractivity contribution in [2.75, 3.05) is 33.5 Å². The van der Waals surface area contributed by atoms with Crippen LogP contribution in [-0.2, 0) is 14.2 Å². The Kier molecular flexibility index (Phi) is 8.33. The molecule has 0 rings (SSSR count). The van der Waals surface area contributed by atoms with Crippen LogP contribution in [0, 0.1) is 0 Å². The Hall–Kier alpha value is -0.160. The molecule has 4 nitrogen and oxygen atoms in total. The fourth-order valence-corrected chi connectivity index (χ4v) is 0.756. The minimum Gasteiger partial charge on any atom is -0.382 e. The fraction of sp³-hybridized carbons (Fsp3) is 1.00. The minimum absolute atomic E-state index is 0.0847. The average molecular weight is 191 g/mol. The third-order valence-corrected chi connectivity index (χ3v) is 1.43. The highest BCUT2D eigenvalue weighted by molar-refractivity contribution is 4.53. The van der Waals surface area contributed by atoms with Crippen molar-refractivity contribution in [2.24, 2.45) is 5.73 Å². The smallest absolute Gasteiger partial charge is 0.0781 e. The Morgan fingerprint density at radius 3 is 2.38 bits per heavy atom. The molecule has 0 radical (unpaired) electrons. The van der Waals surface area contributed by atoms with Crippen LogP contribution in [0.25, 0.3) is 0 Å². The van der Waals surface area contributed by atoms with E-state index in [-0.39, 0.29) is 12.1 Å². The molecule has 0 bridgehead atoms. The summed E-state index contributed by atoms with van der Waals surface area (Å²) < 4.78 is 15.5. The van der Waals surface area contributed by atoms with Gasteiger partial charge in [0.05, 0.1) is 32.5 Å². The molecule has 0 aromatic rings. The van der Waals surface area contributed by atoms with E-state index < -0.39 is 0 Å². The summed E-state index contributed by atoms with van der Waals surface area (Å²) in [5.41, 5.74) is 5.53. The third kappa shape index (κ3) is 9.76. The third-order valence-electron chi connectivity index (χ3n) is 1.43. The molecule has 0 spiro atoms. The van der Waals surface area contributed by atoms with Crippen molar-refractivity contribution < 1.29 is 14.2 Å². The first-order valence-electron chi connectivity index (χ1n) is 4.60. The van der Waals surface area contributed by atoms with E-state index in [1.54, 1.807) is 7.11 Å². The van der Waals surface area contributed by atoms with Crippen LogP contribution in [0.2, 0.25) is 0 Å². The Morgan fingerprint density at radius 1 is 1.15 bits per heavy atom. The molecule has 80 valence electrons. The van der Waals surface area contributed by atoms with Gasteiger partial charge in [0.1, 0.15) is 0 Å². The molecular weight excluding hydrogens is 170 g/mol. The highest BCUT2D eigenvalue weighted by Gasteiger charge is 2.03. The molecule has 0 aromatic carbocycles. The van der Waals surface area contributed by atoms with E-state index in [0.717, 1.165) is 0 Å². The lowest BCUT2D eigenvalue weighted by Crippen LogP contribution is -2.27. The van der Waals surface area contributed by atoms with Gasteiger partial charge in [-0.1, -0.05) is 0 Å². The zero-order chi connectivity index (χ0) is 10.1. The van der Waals surface area contributed by atoms with Crippen LogP contribution in [0.3, 0.4) is 0 Å². The molecule has 0 aliphatic rings. The molecule has 0 heterocycles. The summed E-state index contributed by atoms with van der Waals surface area (Å²) in [7, 11) is 1.65. The summed E-state index contributed by atoms with van der Waals surface area (Å²) in [6.45, 7) is 6.29. The topological polar surface area (TPSA) is 53.7 Å². The summed E-state index contributed by atoms with van der Waals surface area (Å²) >= 11 is 0. The maximum Gasteiger partial charge on any atom is 0.0781 e. The molecule has 13 heavy (non-hydrogen) atoms. The molecule has 0 aromatic heterocycles. The number of nitrogens with two attached hydrogens (primary N) is 1. The molecule has 0 fully saturated rings. The van der Waals surface area contributed by atoms with Gasteiger partial charge in [-0.15, -0.1) is 0 Å². The van der Waals surface area contributed by atoms with Crippen molar-refractivity contribution in [2.45, 2.75) is 26.0 Å². The van der Waals surface area contributed by atoms with Crippen molar-refractivity contribution in [3.8, 4) is 0 Å². The van der Waals surface area contributed by atoms with E-state index in [1.165, 1.54) is 0 Å². The van der Waals surface area contributed by atoms with Crippen molar-refractivity contribution in [1.82, 2.24) is 0 Å². The molecule has 2 unspecified atom stereocenters. The van der Waals surface area contributed by atoms with Gasteiger partial charge in [0, 0.05) is 13.2 Å². The van der Waals surface area contributed by atoms with Crippen LogP contribution in [0.4, 0.5) is 0 Å². The zero-order valence-corrected chi connectivity index (χ0v) is 8.79. The Balaban J connectivity index is 3.15. The highest BCUT2D eigenvalue weighted by atomic mass is 16.5. The van der Waals surface area contributed by atoms with Crippen LogP contribution >= 0.6 is 0 Å². The molecule has 2 atom stereocenters. The average Bonchev–Trinajstić information content (AvgIpc) is 2.09. The Labute approximate surface area is 80.3 Å². The fourth-order valence-electron chi connectivity index (χ4n) is 0.756. The molecule has 0 aliphatic heterocycles. The standard InChI is InChI=1S/C9H21NO3/c1-8(10)6-13-9(2)7-12-5-4-11-3/h8-9H,4-7,10H2,1-3H3. The summed E-state index contributed by atoms with van der Waals surface area (Å²) in [5.74, 6) is 0. The lowest BCUT2D eigenvalue weighted by molar-refractivity contribution is -0.0212.